The van der Waals surface area contributed by atoms with Crippen LogP contribution >= 0.6 is 11.3 Å². The largest absolute Gasteiger partial charge is 0.489 e. The minimum atomic E-state index is -0.279. The molecule has 0 saturated carbocycles. The van der Waals surface area contributed by atoms with Gasteiger partial charge in [-0.25, -0.2) is 19.3 Å². The van der Waals surface area contributed by atoms with Crippen LogP contribution in [0.15, 0.2) is 72.4 Å². The monoisotopic (exact) mass is 378 g/mol. The van der Waals surface area contributed by atoms with E-state index in [-0.39, 0.29) is 12.4 Å². The van der Waals surface area contributed by atoms with Crippen molar-refractivity contribution in [3.8, 4) is 16.5 Å². The van der Waals surface area contributed by atoms with Gasteiger partial charge < -0.3 is 10.1 Å². The highest BCUT2D eigenvalue weighted by Crippen LogP contribution is 2.23. The molecular formula is C20H15FN4OS. The molecule has 27 heavy (non-hydrogen) atoms. The summed E-state index contributed by atoms with van der Waals surface area (Å²) in [5, 5.41) is 5.90. The Kier molecular flexibility index (Phi) is 5.02. The van der Waals surface area contributed by atoms with E-state index >= 15 is 0 Å². The highest BCUT2D eigenvalue weighted by Gasteiger charge is 2.06. The van der Waals surface area contributed by atoms with Crippen molar-refractivity contribution in [2.24, 2.45) is 0 Å². The van der Waals surface area contributed by atoms with Crippen LogP contribution in [0.1, 0.15) is 5.56 Å². The first kappa shape index (κ1) is 17.1. The first-order chi connectivity index (χ1) is 13.3. The van der Waals surface area contributed by atoms with Gasteiger partial charge in [0.25, 0.3) is 0 Å². The minimum absolute atomic E-state index is 0.159. The van der Waals surface area contributed by atoms with Gasteiger partial charge in [-0.1, -0.05) is 24.3 Å². The molecule has 7 heteroatoms. The van der Waals surface area contributed by atoms with E-state index in [2.05, 4.69) is 20.3 Å². The number of thiazole rings is 1. The third-order valence-electron chi connectivity index (χ3n) is 3.75. The third-order valence-corrected chi connectivity index (χ3v) is 4.54. The van der Waals surface area contributed by atoms with Crippen molar-refractivity contribution in [3.63, 3.8) is 0 Å². The van der Waals surface area contributed by atoms with E-state index in [0.717, 1.165) is 16.4 Å². The van der Waals surface area contributed by atoms with Gasteiger partial charge in [0, 0.05) is 35.1 Å². The topological polar surface area (TPSA) is 59.9 Å². The lowest BCUT2D eigenvalue weighted by Gasteiger charge is -2.10. The SMILES string of the molecule is Fc1ccccc1COc1cccc(Nc2nccc(-c3nccs3)n2)c1. The van der Waals surface area contributed by atoms with E-state index in [1.807, 2.05) is 35.7 Å². The Morgan fingerprint density at radius 2 is 1.93 bits per heavy atom. The molecule has 0 aliphatic carbocycles. The average molecular weight is 378 g/mol. The van der Waals surface area contributed by atoms with E-state index in [9.17, 15) is 4.39 Å². The molecule has 0 aliphatic rings. The molecule has 0 spiro atoms. The smallest absolute Gasteiger partial charge is 0.227 e. The predicted octanol–water partition coefficient (Wildman–Crippen LogP) is 5.06. The van der Waals surface area contributed by atoms with Gasteiger partial charge in [-0.3, -0.25) is 0 Å². The number of anilines is 2. The molecular weight excluding hydrogens is 363 g/mol. The maximum absolute atomic E-state index is 13.7. The van der Waals surface area contributed by atoms with Gasteiger partial charge in [0.15, 0.2) is 0 Å². The number of nitrogens with zero attached hydrogens (tertiary/aromatic N) is 3. The second-order valence-corrected chi connectivity index (χ2v) is 6.53. The fourth-order valence-corrected chi connectivity index (χ4v) is 3.06. The van der Waals surface area contributed by atoms with Crippen LogP contribution in [0.3, 0.4) is 0 Å². The second kappa shape index (κ2) is 7.92. The predicted molar refractivity (Wildman–Crippen MR) is 104 cm³/mol. The molecule has 2 aromatic heterocycles. The van der Waals surface area contributed by atoms with Crippen LogP contribution in [0.25, 0.3) is 10.7 Å². The summed E-state index contributed by atoms with van der Waals surface area (Å²) in [6, 6.07) is 15.8. The lowest BCUT2D eigenvalue weighted by atomic mass is 10.2. The van der Waals surface area contributed by atoms with E-state index in [0.29, 0.717) is 17.3 Å². The number of halogens is 1. The zero-order chi connectivity index (χ0) is 18.5. The Balaban J connectivity index is 1.47. The zero-order valence-electron chi connectivity index (χ0n) is 14.2. The van der Waals surface area contributed by atoms with Crippen molar-refractivity contribution in [3.05, 3.63) is 83.8 Å². The van der Waals surface area contributed by atoms with Gasteiger partial charge in [-0.05, 0) is 24.3 Å². The summed E-state index contributed by atoms with van der Waals surface area (Å²) in [4.78, 5) is 13.0. The average Bonchev–Trinajstić information content (AvgIpc) is 3.23. The van der Waals surface area contributed by atoms with Crippen LogP contribution in [0.4, 0.5) is 16.0 Å². The third kappa shape index (κ3) is 4.27. The number of hydrogen-bond donors (Lipinski definition) is 1. The van der Waals surface area contributed by atoms with Crippen LogP contribution in [0.5, 0.6) is 5.75 Å². The molecule has 0 unspecified atom stereocenters. The number of aromatic nitrogens is 3. The fourth-order valence-electron chi connectivity index (χ4n) is 2.46. The lowest BCUT2D eigenvalue weighted by molar-refractivity contribution is 0.300. The molecule has 0 radical (unpaired) electrons. The van der Waals surface area contributed by atoms with Crippen molar-refractivity contribution >= 4 is 23.0 Å². The Morgan fingerprint density at radius 1 is 1.00 bits per heavy atom. The van der Waals surface area contributed by atoms with Gasteiger partial charge in [0.05, 0.1) is 0 Å². The highest BCUT2D eigenvalue weighted by atomic mass is 32.1. The number of benzene rings is 2. The molecule has 0 bridgehead atoms. The number of rotatable bonds is 6. The van der Waals surface area contributed by atoms with Gasteiger partial charge in [0.2, 0.25) is 5.95 Å². The minimum Gasteiger partial charge on any atom is -0.489 e. The van der Waals surface area contributed by atoms with Crippen LogP contribution in [-0.2, 0) is 6.61 Å². The van der Waals surface area contributed by atoms with Gasteiger partial charge >= 0.3 is 0 Å². The second-order valence-electron chi connectivity index (χ2n) is 5.64. The number of nitrogens with one attached hydrogen (secondary N) is 1. The fraction of sp³-hybridized carbons (Fsp3) is 0.0500. The molecule has 5 nitrogen and oxygen atoms in total. The maximum Gasteiger partial charge on any atom is 0.227 e. The van der Waals surface area contributed by atoms with E-state index in [1.165, 1.54) is 17.4 Å². The van der Waals surface area contributed by atoms with Gasteiger partial charge in [-0.15, -0.1) is 11.3 Å². The molecule has 4 aromatic rings. The van der Waals surface area contributed by atoms with Crippen LogP contribution in [0, 0.1) is 5.82 Å². The Morgan fingerprint density at radius 3 is 2.78 bits per heavy atom. The summed E-state index contributed by atoms with van der Waals surface area (Å²) in [6.07, 6.45) is 3.43. The van der Waals surface area contributed by atoms with E-state index < -0.39 is 0 Å². The quantitative estimate of drug-likeness (QED) is 0.508. The van der Waals surface area contributed by atoms with Crippen molar-refractivity contribution in [2.45, 2.75) is 6.61 Å². The summed E-state index contributed by atoms with van der Waals surface area (Å²) in [7, 11) is 0. The Hall–Kier alpha value is -3.32. The van der Waals surface area contributed by atoms with Crippen LogP contribution in [-0.4, -0.2) is 15.0 Å². The summed E-state index contributed by atoms with van der Waals surface area (Å²) in [6.45, 7) is 0.159. The summed E-state index contributed by atoms with van der Waals surface area (Å²) in [5.74, 6) is 0.812. The molecule has 134 valence electrons. The molecule has 4 rings (SSSR count). The normalized spacial score (nSPS) is 10.6. The Labute approximate surface area is 159 Å². The first-order valence-corrected chi connectivity index (χ1v) is 9.12. The maximum atomic E-state index is 13.7. The molecule has 0 atom stereocenters. The van der Waals surface area contributed by atoms with Crippen molar-refractivity contribution in [1.29, 1.82) is 0 Å². The summed E-state index contributed by atoms with van der Waals surface area (Å²) >= 11 is 1.52. The number of ether oxygens (including phenoxy) is 1. The molecule has 0 saturated heterocycles. The zero-order valence-corrected chi connectivity index (χ0v) is 15.0. The van der Waals surface area contributed by atoms with Crippen molar-refractivity contribution < 1.29 is 9.13 Å². The molecule has 2 aromatic carbocycles. The Bertz CT molecular complexity index is 1040. The van der Waals surface area contributed by atoms with E-state index in [1.54, 1.807) is 30.6 Å². The lowest BCUT2D eigenvalue weighted by Crippen LogP contribution is -2.00. The van der Waals surface area contributed by atoms with Gasteiger partial charge in [-0.2, -0.15) is 0 Å². The van der Waals surface area contributed by atoms with Crippen molar-refractivity contribution in [1.82, 2.24) is 15.0 Å². The standard InChI is InChI=1S/C20H15FN4OS/c21-17-7-2-1-4-14(17)13-26-16-6-3-5-15(12-16)24-20-23-9-8-18(25-20)19-22-10-11-27-19/h1-12H,13H2,(H,23,24,25). The molecule has 0 fully saturated rings. The molecule has 1 N–H and O–H groups in total. The van der Waals surface area contributed by atoms with Crippen molar-refractivity contribution in [2.75, 3.05) is 5.32 Å². The van der Waals surface area contributed by atoms with Gasteiger partial charge in [0.1, 0.15) is 28.9 Å². The van der Waals surface area contributed by atoms with E-state index in [4.69, 9.17) is 4.74 Å². The first-order valence-electron chi connectivity index (χ1n) is 8.24. The summed E-state index contributed by atoms with van der Waals surface area (Å²) in [5.41, 5.74) is 2.04. The molecule has 2 heterocycles. The molecule has 0 amide bonds. The highest BCUT2D eigenvalue weighted by molar-refractivity contribution is 7.13. The molecule has 0 aliphatic heterocycles. The summed E-state index contributed by atoms with van der Waals surface area (Å²) < 4.78 is 19.4. The van der Waals surface area contributed by atoms with Crippen LogP contribution < -0.4 is 10.1 Å². The number of hydrogen-bond acceptors (Lipinski definition) is 6. The van der Waals surface area contributed by atoms with Crippen LogP contribution in [0.2, 0.25) is 0 Å².